The number of nitrogens with zero attached hydrogens (tertiary/aromatic N) is 2. The molecule has 0 aromatic heterocycles. The summed E-state index contributed by atoms with van der Waals surface area (Å²) in [5.41, 5.74) is 1.79. The van der Waals surface area contributed by atoms with Crippen LogP contribution in [0.15, 0.2) is 63.9 Å². The molecule has 1 atom stereocenters. The Bertz CT molecular complexity index is 1070. The second-order valence-electron chi connectivity index (χ2n) is 8.75. The number of rotatable bonds is 5. The van der Waals surface area contributed by atoms with Gasteiger partial charge in [-0.1, -0.05) is 56.3 Å². The number of hydrogen-bond acceptors (Lipinski definition) is 4. The molecule has 1 N–H and O–H groups in total. The van der Waals surface area contributed by atoms with E-state index in [9.17, 15) is 13.2 Å². The number of carbonyl (C=O) groups is 1. The van der Waals surface area contributed by atoms with Gasteiger partial charge in [-0.25, -0.2) is 0 Å². The Morgan fingerprint density at radius 3 is 2.39 bits per heavy atom. The van der Waals surface area contributed by atoms with E-state index in [1.807, 2.05) is 29.2 Å². The normalized spacial score (nSPS) is 19.1. The van der Waals surface area contributed by atoms with Crippen molar-refractivity contribution in [3.63, 3.8) is 0 Å². The van der Waals surface area contributed by atoms with Crippen molar-refractivity contribution in [3.8, 4) is 0 Å². The zero-order valence-electron chi connectivity index (χ0n) is 18.0. The van der Waals surface area contributed by atoms with Gasteiger partial charge in [0.2, 0.25) is 5.91 Å². The molecular formula is C24H29N3O3S. The van der Waals surface area contributed by atoms with E-state index in [0.29, 0.717) is 43.2 Å². The van der Waals surface area contributed by atoms with Crippen LogP contribution in [0.2, 0.25) is 0 Å². The van der Waals surface area contributed by atoms with Crippen LogP contribution in [0.3, 0.4) is 0 Å². The van der Waals surface area contributed by atoms with Crippen molar-refractivity contribution in [1.29, 1.82) is 0 Å². The number of carbonyl (C=O) groups excluding carboxylic acids is 1. The lowest BCUT2D eigenvalue weighted by atomic mass is 9.92. The number of piperidine rings is 1. The van der Waals surface area contributed by atoms with Crippen molar-refractivity contribution in [1.82, 2.24) is 10.2 Å². The van der Waals surface area contributed by atoms with Crippen molar-refractivity contribution < 1.29 is 13.2 Å². The fourth-order valence-electron chi connectivity index (χ4n) is 4.39. The Hall–Kier alpha value is -2.67. The quantitative estimate of drug-likeness (QED) is 0.770. The molecule has 1 saturated heterocycles. The molecule has 0 spiro atoms. The summed E-state index contributed by atoms with van der Waals surface area (Å²) in [6, 6.07) is 17.1. The first kappa shape index (κ1) is 21.6. The van der Waals surface area contributed by atoms with Crippen LogP contribution in [0.5, 0.6) is 0 Å². The van der Waals surface area contributed by atoms with Crippen molar-refractivity contribution in [2.75, 3.05) is 13.1 Å². The van der Waals surface area contributed by atoms with Crippen LogP contribution in [0.1, 0.15) is 50.3 Å². The first-order valence-corrected chi connectivity index (χ1v) is 12.3. The average molecular weight is 440 g/mol. The first-order chi connectivity index (χ1) is 14.8. The van der Waals surface area contributed by atoms with Crippen LogP contribution in [0.4, 0.5) is 0 Å². The van der Waals surface area contributed by atoms with Crippen LogP contribution in [0, 0.1) is 11.8 Å². The molecule has 2 aromatic rings. The van der Waals surface area contributed by atoms with Gasteiger partial charge in [-0.3, -0.25) is 4.79 Å². The molecule has 2 aliphatic heterocycles. The van der Waals surface area contributed by atoms with Gasteiger partial charge in [0.25, 0.3) is 10.0 Å². The fraction of sp³-hybridized carbons (Fsp3) is 0.417. The number of likely N-dealkylation sites (tertiary alicyclic amines) is 1. The van der Waals surface area contributed by atoms with Gasteiger partial charge >= 0.3 is 0 Å². The number of fused-ring (bicyclic) bond motifs is 1. The highest BCUT2D eigenvalue weighted by Gasteiger charge is 2.34. The molecule has 7 heteroatoms. The van der Waals surface area contributed by atoms with Gasteiger partial charge in [0.1, 0.15) is 4.90 Å². The zero-order chi connectivity index (χ0) is 22.0. The summed E-state index contributed by atoms with van der Waals surface area (Å²) in [5.74, 6) is 0.977. The summed E-state index contributed by atoms with van der Waals surface area (Å²) < 4.78 is 28.7. The number of nitrogens with one attached hydrogen (secondary N) is 1. The molecule has 164 valence electrons. The van der Waals surface area contributed by atoms with Gasteiger partial charge in [-0.2, -0.15) is 8.42 Å². The molecule has 0 saturated carbocycles. The third-order valence-corrected chi connectivity index (χ3v) is 7.33. The highest BCUT2D eigenvalue weighted by Crippen LogP contribution is 2.30. The predicted molar refractivity (Wildman–Crippen MR) is 121 cm³/mol. The number of amides is 1. The molecule has 1 amide bonds. The fourth-order valence-corrected chi connectivity index (χ4v) is 5.62. The van der Waals surface area contributed by atoms with Gasteiger partial charge in [0, 0.05) is 24.6 Å². The monoisotopic (exact) mass is 439 g/mol. The summed E-state index contributed by atoms with van der Waals surface area (Å²) >= 11 is 0. The van der Waals surface area contributed by atoms with E-state index < -0.39 is 10.0 Å². The SMILES string of the molecule is CC(C)CC(NC(=O)C1CCN(C2=NS(=O)(=O)c3ccccc32)CC1)c1ccccc1. The lowest BCUT2D eigenvalue weighted by molar-refractivity contribution is -0.127. The summed E-state index contributed by atoms with van der Waals surface area (Å²) in [6.45, 7) is 5.55. The number of hydrogen-bond donors (Lipinski definition) is 1. The largest absolute Gasteiger partial charge is 0.355 e. The molecule has 0 aliphatic carbocycles. The lowest BCUT2D eigenvalue weighted by Crippen LogP contribution is -2.43. The topological polar surface area (TPSA) is 78.8 Å². The summed E-state index contributed by atoms with van der Waals surface area (Å²) in [4.78, 5) is 15.3. The van der Waals surface area contributed by atoms with Crippen LogP contribution < -0.4 is 5.32 Å². The average Bonchev–Trinajstić information content (AvgIpc) is 3.05. The molecule has 6 nitrogen and oxygen atoms in total. The molecule has 4 rings (SSSR count). The molecular weight excluding hydrogens is 410 g/mol. The summed E-state index contributed by atoms with van der Waals surface area (Å²) in [6.07, 6.45) is 2.24. The van der Waals surface area contributed by atoms with Crippen molar-refractivity contribution >= 4 is 21.8 Å². The highest BCUT2D eigenvalue weighted by molar-refractivity contribution is 7.90. The second kappa shape index (κ2) is 8.83. The van der Waals surface area contributed by atoms with E-state index in [4.69, 9.17) is 0 Å². The smallest absolute Gasteiger partial charge is 0.285 e. The minimum Gasteiger partial charge on any atom is -0.355 e. The Balaban J connectivity index is 1.41. The van der Waals surface area contributed by atoms with Crippen molar-refractivity contribution in [2.45, 2.75) is 44.0 Å². The number of benzene rings is 2. The van der Waals surface area contributed by atoms with E-state index in [-0.39, 0.29) is 22.8 Å². The Morgan fingerprint density at radius 2 is 1.71 bits per heavy atom. The number of sulfonamides is 1. The molecule has 31 heavy (non-hydrogen) atoms. The second-order valence-corrected chi connectivity index (χ2v) is 10.3. The minimum atomic E-state index is -3.63. The maximum Gasteiger partial charge on any atom is 0.285 e. The lowest BCUT2D eigenvalue weighted by Gasteiger charge is -2.33. The first-order valence-electron chi connectivity index (χ1n) is 10.9. The van der Waals surface area contributed by atoms with Crippen molar-refractivity contribution in [3.05, 3.63) is 65.7 Å². The molecule has 0 bridgehead atoms. The molecule has 2 heterocycles. The van der Waals surface area contributed by atoms with E-state index in [1.165, 1.54) is 0 Å². The molecule has 1 unspecified atom stereocenters. The van der Waals surface area contributed by atoms with Gasteiger partial charge < -0.3 is 10.2 Å². The van der Waals surface area contributed by atoms with Gasteiger partial charge in [0.05, 0.1) is 6.04 Å². The highest BCUT2D eigenvalue weighted by atomic mass is 32.2. The van der Waals surface area contributed by atoms with E-state index in [2.05, 4.69) is 35.7 Å². The van der Waals surface area contributed by atoms with Gasteiger partial charge in [-0.05, 0) is 42.9 Å². The van der Waals surface area contributed by atoms with E-state index >= 15 is 0 Å². The van der Waals surface area contributed by atoms with E-state index in [1.54, 1.807) is 18.2 Å². The Kier molecular flexibility index (Phi) is 6.14. The third kappa shape index (κ3) is 4.66. The molecule has 0 radical (unpaired) electrons. The van der Waals surface area contributed by atoms with Gasteiger partial charge in [0.15, 0.2) is 5.84 Å². The zero-order valence-corrected chi connectivity index (χ0v) is 18.8. The minimum absolute atomic E-state index is 0.00274. The number of amidine groups is 1. The van der Waals surface area contributed by atoms with Crippen LogP contribution >= 0.6 is 0 Å². The van der Waals surface area contributed by atoms with Gasteiger partial charge in [-0.15, -0.1) is 4.40 Å². The Labute approximate surface area is 184 Å². The maximum absolute atomic E-state index is 13.0. The summed E-state index contributed by atoms with van der Waals surface area (Å²) in [7, 11) is -3.63. The molecule has 1 fully saturated rings. The van der Waals surface area contributed by atoms with Crippen LogP contribution in [-0.4, -0.2) is 38.2 Å². The maximum atomic E-state index is 13.0. The predicted octanol–water partition coefficient (Wildman–Crippen LogP) is 3.75. The molecule has 2 aromatic carbocycles. The third-order valence-electron chi connectivity index (χ3n) is 6.00. The van der Waals surface area contributed by atoms with E-state index in [0.717, 1.165) is 12.0 Å². The molecule has 2 aliphatic rings. The van der Waals surface area contributed by atoms with Crippen LogP contribution in [-0.2, 0) is 14.8 Å². The standard InChI is InChI=1S/C24H29N3O3S/c1-17(2)16-21(18-8-4-3-5-9-18)25-24(28)19-12-14-27(15-13-19)23-20-10-6-7-11-22(20)31(29,30)26-23/h3-11,17,19,21H,12-16H2,1-2H3,(H,25,28). The Morgan fingerprint density at radius 1 is 1.06 bits per heavy atom. The summed E-state index contributed by atoms with van der Waals surface area (Å²) in [5, 5.41) is 3.26. The van der Waals surface area contributed by atoms with Crippen LogP contribution in [0.25, 0.3) is 0 Å². The van der Waals surface area contributed by atoms with Crippen molar-refractivity contribution in [2.24, 2.45) is 16.2 Å².